The fourth-order valence-electron chi connectivity index (χ4n) is 2.57. The number of aliphatic hydroxyl groups is 1. The maximum absolute atomic E-state index is 10.7. The molecule has 0 fully saturated rings. The molecule has 17 heavy (non-hydrogen) atoms. The number of rotatable bonds is 5. The predicted octanol–water partition coefficient (Wildman–Crippen LogP) is 2.71. The maximum atomic E-state index is 10.7. The quantitative estimate of drug-likeness (QED) is 0.456. The minimum atomic E-state index is -0.824. The summed E-state index contributed by atoms with van der Waals surface area (Å²) >= 11 is 0. The van der Waals surface area contributed by atoms with Crippen LogP contribution in [0.1, 0.15) is 39.5 Å². The molecule has 4 nitrogen and oxygen atoms in total. The Kier molecular flexibility index (Phi) is 4.09. The summed E-state index contributed by atoms with van der Waals surface area (Å²) in [4.78, 5) is 10.1. The molecule has 0 spiro atoms. The van der Waals surface area contributed by atoms with E-state index in [1.54, 1.807) is 6.08 Å². The van der Waals surface area contributed by atoms with Crippen LogP contribution in [0.15, 0.2) is 24.3 Å². The normalized spacial score (nSPS) is 27.4. The van der Waals surface area contributed by atoms with Crippen molar-refractivity contribution in [1.82, 2.24) is 0 Å². The van der Waals surface area contributed by atoms with E-state index in [1.807, 2.05) is 19.9 Å². The Hall–Kier alpha value is -1.16. The van der Waals surface area contributed by atoms with Crippen molar-refractivity contribution >= 4 is 0 Å². The summed E-state index contributed by atoms with van der Waals surface area (Å²) in [5.74, 6) is 0. The first-order chi connectivity index (χ1) is 7.83. The van der Waals surface area contributed by atoms with Crippen molar-refractivity contribution in [2.45, 2.75) is 45.1 Å². The van der Waals surface area contributed by atoms with E-state index in [4.69, 9.17) is 0 Å². The van der Waals surface area contributed by atoms with Crippen LogP contribution >= 0.6 is 0 Å². The SMILES string of the molecule is C=CCC1(O)CCC=C(CC[N+](=O)[O-])C1(C)C. The standard InChI is InChI=1S/C13H21NO3/c1-4-8-13(15)9-5-6-11(12(13,2)3)7-10-14(16)17/h4,6,15H,1,5,7-10H2,2-3H3. The van der Waals surface area contributed by atoms with Crippen LogP contribution < -0.4 is 0 Å². The van der Waals surface area contributed by atoms with Gasteiger partial charge in [-0.15, -0.1) is 6.58 Å². The summed E-state index contributed by atoms with van der Waals surface area (Å²) in [6.45, 7) is 7.53. The Bertz CT molecular complexity index is 347. The summed E-state index contributed by atoms with van der Waals surface area (Å²) in [6.07, 6.45) is 6.17. The van der Waals surface area contributed by atoms with Gasteiger partial charge in [-0.2, -0.15) is 0 Å². The lowest BCUT2D eigenvalue weighted by Crippen LogP contribution is -2.47. The third-order valence-electron chi connectivity index (χ3n) is 3.96. The van der Waals surface area contributed by atoms with Crippen LogP contribution in [0.3, 0.4) is 0 Å². The summed E-state index contributed by atoms with van der Waals surface area (Å²) < 4.78 is 0. The van der Waals surface area contributed by atoms with Crippen molar-refractivity contribution in [1.29, 1.82) is 0 Å². The van der Waals surface area contributed by atoms with Gasteiger partial charge in [0.2, 0.25) is 6.54 Å². The highest BCUT2D eigenvalue weighted by Crippen LogP contribution is 2.47. The van der Waals surface area contributed by atoms with E-state index >= 15 is 0 Å². The molecular weight excluding hydrogens is 218 g/mol. The Morgan fingerprint density at radius 3 is 2.82 bits per heavy atom. The van der Waals surface area contributed by atoms with Gasteiger partial charge in [0.15, 0.2) is 0 Å². The van der Waals surface area contributed by atoms with Crippen molar-refractivity contribution in [2.24, 2.45) is 5.41 Å². The van der Waals surface area contributed by atoms with Gasteiger partial charge in [-0.1, -0.05) is 31.6 Å². The molecule has 96 valence electrons. The average Bonchev–Trinajstić information content (AvgIpc) is 2.21. The second-order valence-electron chi connectivity index (χ2n) is 5.22. The predicted molar refractivity (Wildman–Crippen MR) is 67.3 cm³/mol. The van der Waals surface area contributed by atoms with Crippen LogP contribution in [0.2, 0.25) is 0 Å². The molecule has 0 saturated heterocycles. The molecule has 0 radical (unpaired) electrons. The maximum Gasteiger partial charge on any atom is 0.207 e. The van der Waals surface area contributed by atoms with E-state index < -0.39 is 11.0 Å². The lowest BCUT2D eigenvalue weighted by molar-refractivity contribution is -0.479. The van der Waals surface area contributed by atoms with E-state index in [0.29, 0.717) is 19.3 Å². The van der Waals surface area contributed by atoms with Crippen LogP contribution in [0.25, 0.3) is 0 Å². The summed E-state index contributed by atoms with van der Waals surface area (Å²) in [5, 5.41) is 21.1. The van der Waals surface area contributed by atoms with Gasteiger partial charge in [-0.25, -0.2) is 0 Å². The summed E-state index contributed by atoms with van der Waals surface area (Å²) in [7, 11) is 0. The van der Waals surface area contributed by atoms with Crippen LogP contribution in [0, 0.1) is 15.5 Å². The lowest BCUT2D eigenvalue weighted by Gasteiger charge is -2.46. The molecular formula is C13H21NO3. The van der Waals surface area contributed by atoms with Crippen LogP contribution in [0.5, 0.6) is 0 Å². The molecule has 1 aliphatic rings. The van der Waals surface area contributed by atoms with Crippen molar-refractivity contribution < 1.29 is 10.0 Å². The molecule has 0 saturated carbocycles. The molecule has 0 heterocycles. The monoisotopic (exact) mass is 239 g/mol. The van der Waals surface area contributed by atoms with E-state index in [9.17, 15) is 15.2 Å². The molecule has 0 bridgehead atoms. The Morgan fingerprint density at radius 1 is 1.65 bits per heavy atom. The molecule has 0 amide bonds. The number of nitrogens with zero attached hydrogens (tertiary/aromatic N) is 1. The molecule has 1 N–H and O–H groups in total. The highest BCUT2D eigenvalue weighted by atomic mass is 16.6. The minimum absolute atomic E-state index is 0.0700. The van der Waals surface area contributed by atoms with Gasteiger partial charge in [-0.05, 0) is 19.3 Å². The molecule has 1 rings (SSSR count). The van der Waals surface area contributed by atoms with Gasteiger partial charge >= 0.3 is 0 Å². The fraction of sp³-hybridized carbons (Fsp3) is 0.692. The number of hydrogen-bond acceptors (Lipinski definition) is 3. The van der Waals surface area contributed by atoms with Crippen molar-refractivity contribution in [3.05, 3.63) is 34.4 Å². The number of hydrogen-bond donors (Lipinski definition) is 1. The van der Waals surface area contributed by atoms with Gasteiger partial charge in [0, 0.05) is 16.8 Å². The van der Waals surface area contributed by atoms with Crippen LogP contribution in [0.4, 0.5) is 0 Å². The van der Waals surface area contributed by atoms with Gasteiger partial charge in [0.05, 0.1) is 5.60 Å². The highest BCUT2D eigenvalue weighted by molar-refractivity contribution is 5.23. The van der Waals surface area contributed by atoms with E-state index in [1.165, 1.54) is 0 Å². The van der Waals surface area contributed by atoms with Crippen LogP contribution in [-0.4, -0.2) is 22.2 Å². The van der Waals surface area contributed by atoms with Gasteiger partial charge in [-0.3, -0.25) is 10.1 Å². The minimum Gasteiger partial charge on any atom is -0.389 e. The topological polar surface area (TPSA) is 63.4 Å². The van der Waals surface area contributed by atoms with E-state index in [-0.39, 0.29) is 11.5 Å². The summed E-state index contributed by atoms with van der Waals surface area (Å²) in [5.41, 5.74) is -0.255. The highest BCUT2D eigenvalue weighted by Gasteiger charge is 2.46. The fourth-order valence-corrected chi connectivity index (χ4v) is 2.57. The Balaban J connectivity index is 2.88. The number of allylic oxidation sites excluding steroid dienone is 1. The Morgan fingerprint density at radius 2 is 2.29 bits per heavy atom. The van der Waals surface area contributed by atoms with Crippen molar-refractivity contribution in [3.63, 3.8) is 0 Å². The lowest BCUT2D eigenvalue weighted by atomic mass is 9.62. The first kappa shape index (κ1) is 13.9. The summed E-state index contributed by atoms with van der Waals surface area (Å²) in [6, 6.07) is 0. The second kappa shape index (κ2) is 5.00. The third-order valence-corrected chi connectivity index (χ3v) is 3.96. The largest absolute Gasteiger partial charge is 0.389 e. The zero-order chi connectivity index (χ0) is 13.1. The third kappa shape index (κ3) is 2.75. The molecule has 1 unspecified atom stereocenters. The first-order valence-corrected chi connectivity index (χ1v) is 5.98. The first-order valence-electron chi connectivity index (χ1n) is 5.98. The molecule has 0 aromatic rings. The van der Waals surface area contributed by atoms with Gasteiger partial charge < -0.3 is 5.11 Å². The van der Waals surface area contributed by atoms with Gasteiger partial charge in [0.25, 0.3) is 0 Å². The van der Waals surface area contributed by atoms with E-state index in [0.717, 1.165) is 12.0 Å². The van der Waals surface area contributed by atoms with Crippen molar-refractivity contribution in [2.75, 3.05) is 6.54 Å². The Labute approximate surface area is 102 Å². The second-order valence-corrected chi connectivity index (χ2v) is 5.22. The molecule has 1 atom stereocenters. The zero-order valence-electron chi connectivity index (χ0n) is 10.6. The average molecular weight is 239 g/mol. The van der Waals surface area contributed by atoms with E-state index in [2.05, 4.69) is 6.58 Å². The molecule has 0 aromatic carbocycles. The molecule has 4 heteroatoms. The van der Waals surface area contributed by atoms with Crippen LogP contribution in [-0.2, 0) is 0 Å². The zero-order valence-corrected chi connectivity index (χ0v) is 10.6. The molecule has 1 aliphatic carbocycles. The molecule has 0 aliphatic heterocycles. The smallest absolute Gasteiger partial charge is 0.207 e. The van der Waals surface area contributed by atoms with Gasteiger partial charge in [0.1, 0.15) is 0 Å². The molecule has 0 aromatic heterocycles. The van der Waals surface area contributed by atoms with Crippen molar-refractivity contribution in [3.8, 4) is 0 Å². The number of nitro groups is 1.